The number of hydrogen-bond acceptors (Lipinski definition) is 2. The molecular formula is C27H35NS. The third-order valence-corrected chi connectivity index (χ3v) is 8.03. The predicted molar refractivity (Wildman–Crippen MR) is 127 cm³/mol. The van der Waals surface area contributed by atoms with Gasteiger partial charge in [0.2, 0.25) is 0 Å². The quantitative estimate of drug-likeness (QED) is 0.519. The highest BCUT2D eigenvalue weighted by molar-refractivity contribution is 7.99. The van der Waals surface area contributed by atoms with Gasteiger partial charge >= 0.3 is 0 Å². The molecule has 2 aromatic carbocycles. The van der Waals surface area contributed by atoms with E-state index in [1.165, 1.54) is 72.7 Å². The van der Waals surface area contributed by atoms with E-state index >= 15 is 0 Å². The second kappa shape index (κ2) is 10.00. The minimum absolute atomic E-state index is 0.685. The van der Waals surface area contributed by atoms with Crippen LogP contribution in [-0.4, -0.2) is 30.3 Å². The first kappa shape index (κ1) is 20.8. The van der Waals surface area contributed by atoms with Crippen LogP contribution in [0.3, 0.4) is 0 Å². The number of piperidine rings is 1. The molecule has 0 saturated carbocycles. The van der Waals surface area contributed by atoms with Crippen molar-refractivity contribution in [3.8, 4) is 0 Å². The van der Waals surface area contributed by atoms with Gasteiger partial charge in [-0.05, 0) is 81.1 Å². The second-order valence-electron chi connectivity index (χ2n) is 9.04. The Morgan fingerprint density at radius 3 is 2.66 bits per heavy atom. The molecule has 0 amide bonds. The first-order valence-electron chi connectivity index (χ1n) is 11.3. The molecule has 0 radical (unpaired) electrons. The molecule has 2 aliphatic rings. The van der Waals surface area contributed by atoms with E-state index in [-0.39, 0.29) is 0 Å². The summed E-state index contributed by atoms with van der Waals surface area (Å²) in [5.74, 6) is 2.77. The highest BCUT2D eigenvalue weighted by atomic mass is 32.2. The summed E-state index contributed by atoms with van der Waals surface area (Å²) in [6.07, 6.45) is 8.88. The van der Waals surface area contributed by atoms with Crippen LogP contribution in [0.25, 0.3) is 0 Å². The second-order valence-corrected chi connectivity index (χ2v) is 10.1. The average Bonchev–Trinajstić information content (AvgIpc) is 2.89. The van der Waals surface area contributed by atoms with Crippen LogP contribution >= 0.6 is 11.8 Å². The van der Waals surface area contributed by atoms with Crippen molar-refractivity contribution in [3.05, 3.63) is 76.9 Å². The van der Waals surface area contributed by atoms with E-state index < -0.39 is 0 Å². The summed E-state index contributed by atoms with van der Waals surface area (Å²) >= 11 is 2.04. The maximum absolute atomic E-state index is 2.69. The Hall–Kier alpha value is -1.51. The first-order chi connectivity index (χ1) is 14.2. The van der Waals surface area contributed by atoms with Gasteiger partial charge in [-0.3, -0.25) is 0 Å². The van der Waals surface area contributed by atoms with Gasteiger partial charge < -0.3 is 4.90 Å². The van der Waals surface area contributed by atoms with E-state index in [4.69, 9.17) is 0 Å². The number of thioether (sulfide) groups is 1. The molecule has 0 spiro atoms. The number of allylic oxidation sites excluding steroid dienone is 1. The molecule has 154 valence electrons. The summed E-state index contributed by atoms with van der Waals surface area (Å²) < 4.78 is 0. The SMILES string of the molecule is Cc1ccc2c(c1)C/C(=C/CCN1CCC(Cc3ccccc3)CC1)[C@H](C)CS2. The summed E-state index contributed by atoms with van der Waals surface area (Å²) in [5, 5.41) is 0. The smallest absolute Gasteiger partial charge is 0.0108 e. The number of nitrogens with zero attached hydrogens (tertiary/aromatic N) is 1. The number of rotatable bonds is 5. The molecule has 0 N–H and O–H groups in total. The van der Waals surface area contributed by atoms with E-state index in [2.05, 4.69) is 73.4 Å². The lowest BCUT2D eigenvalue weighted by atomic mass is 9.90. The van der Waals surface area contributed by atoms with Crippen molar-refractivity contribution in [1.29, 1.82) is 0 Å². The normalized spacial score (nSPS) is 22.4. The predicted octanol–water partition coefficient (Wildman–Crippen LogP) is 6.55. The van der Waals surface area contributed by atoms with Gasteiger partial charge in [0.15, 0.2) is 0 Å². The Bertz CT molecular complexity index is 818. The minimum atomic E-state index is 0.685. The summed E-state index contributed by atoms with van der Waals surface area (Å²) in [6.45, 7) is 8.39. The fourth-order valence-corrected chi connectivity index (χ4v) is 5.90. The standard InChI is InChI=1S/C27H35NS/c1-21-10-11-27-26(17-21)19-25(22(2)20-29-27)9-6-14-28-15-12-24(13-16-28)18-23-7-4-3-5-8-23/h3-5,7-11,17,22,24H,6,12-16,18-20H2,1-2H3/b25-9-/t22-/m1/s1. The highest BCUT2D eigenvalue weighted by Crippen LogP contribution is 2.35. The lowest BCUT2D eigenvalue weighted by molar-refractivity contribution is 0.186. The molecule has 0 aromatic heterocycles. The van der Waals surface area contributed by atoms with Gasteiger partial charge in [0.1, 0.15) is 0 Å². The van der Waals surface area contributed by atoms with Crippen molar-refractivity contribution in [2.45, 2.75) is 50.8 Å². The average molecular weight is 406 g/mol. The molecule has 29 heavy (non-hydrogen) atoms. The maximum atomic E-state index is 2.69. The Labute approximate surface area is 181 Å². The molecule has 1 fully saturated rings. The monoisotopic (exact) mass is 405 g/mol. The van der Waals surface area contributed by atoms with Crippen LogP contribution in [-0.2, 0) is 12.8 Å². The minimum Gasteiger partial charge on any atom is -0.303 e. The summed E-state index contributed by atoms with van der Waals surface area (Å²) in [4.78, 5) is 4.18. The van der Waals surface area contributed by atoms with Gasteiger partial charge in [0.25, 0.3) is 0 Å². The molecule has 4 rings (SSSR count). The number of fused-ring (bicyclic) bond motifs is 1. The highest BCUT2D eigenvalue weighted by Gasteiger charge is 2.20. The van der Waals surface area contributed by atoms with Crippen LogP contribution in [0.4, 0.5) is 0 Å². The first-order valence-corrected chi connectivity index (χ1v) is 12.3. The van der Waals surface area contributed by atoms with E-state index in [0.29, 0.717) is 5.92 Å². The summed E-state index contributed by atoms with van der Waals surface area (Å²) in [5.41, 5.74) is 6.08. The number of hydrogen-bond donors (Lipinski definition) is 0. The van der Waals surface area contributed by atoms with Crippen molar-refractivity contribution < 1.29 is 0 Å². The number of aryl methyl sites for hydroxylation is 1. The van der Waals surface area contributed by atoms with Gasteiger partial charge in [-0.25, -0.2) is 0 Å². The lowest BCUT2D eigenvalue weighted by Crippen LogP contribution is -2.34. The largest absolute Gasteiger partial charge is 0.303 e. The summed E-state index contributed by atoms with van der Waals surface area (Å²) in [7, 11) is 0. The van der Waals surface area contributed by atoms with Crippen molar-refractivity contribution >= 4 is 11.8 Å². The van der Waals surface area contributed by atoms with Crippen LogP contribution in [0.2, 0.25) is 0 Å². The van der Waals surface area contributed by atoms with Crippen LogP contribution in [0.5, 0.6) is 0 Å². The summed E-state index contributed by atoms with van der Waals surface area (Å²) in [6, 6.07) is 18.0. The Balaban J connectivity index is 1.27. The Kier molecular flexibility index (Phi) is 7.15. The van der Waals surface area contributed by atoms with Crippen LogP contribution < -0.4 is 0 Å². The van der Waals surface area contributed by atoms with Crippen molar-refractivity contribution in [2.24, 2.45) is 11.8 Å². The fourth-order valence-electron chi connectivity index (χ4n) is 4.77. The third kappa shape index (κ3) is 5.77. The van der Waals surface area contributed by atoms with Gasteiger partial charge in [-0.2, -0.15) is 0 Å². The van der Waals surface area contributed by atoms with Crippen LogP contribution in [0, 0.1) is 18.8 Å². The molecule has 1 saturated heterocycles. The van der Waals surface area contributed by atoms with Crippen molar-refractivity contribution in [2.75, 3.05) is 25.4 Å². The number of benzene rings is 2. The van der Waals surface area contributed by atoms with E-state index in [1.54, 1.807) is 5.57 Å². The third-order valence-electron chi connectivity index (χ3n) is 6.66. The fraction of sp³-hybridized carbons (Fsp3) is 0.481. The van der Waals surface area contributed by atoms with Gasteiger partial charge in [-0.1, -0.05) is 66.6 Å². The van der Waals surface area contributed by atoms with Crippen molar-refractivity contribution in [3.63, 3.8) is 0 Å². The molecule has 2 heteroatoms. The maximum Gasteiger partial charge on any atom is 0.0108 e. The molecule has 2 heterocycles. The molecule has 2 aliphatic heterocycles. The molecule has 0 unspecified atom stereocenters. The van der Waals surface area contributed by atoms with E-state index in [0.717, 1.165) is 12.3 Å². The van der Waals surface area contributed by atoms with E-state index in [9.17, 15) is 0 Å². The molecule has 0 aliphatic carbocycles. The lowest BCUT2D eigenvalue weighted by Gasteiger charge is -2.32. The molecule has 0 bridgehead atoms. The molecule has 1 atom stereocenters. The zero-order valence-electron chi connectivity index (χ0n) is 18.1. The van der Waals surface area contributed by atoms with E-state index in [1.807, 2.05) is 11.8 Å². The molecule has 2 aromatic rings. The molecule has 1 nitrogen and oxygen atoms in total. The number of likely N-dealkylation sites (tertiary alicyclic amines) is 1. The molecular weight excluding hydrogens is 370 g/mol. The Morgan fingerprint density at radius 1 is 1.07 bits per heavy atom. The zero-order valence-corrected chi connectivity index (χ0v) is 18.9. The van der Waals surface area contributed by atoms with Crippen LogP contribution in [0.15, 0.2) is 65.1 Å². The zero-order chi connectivity index (χ0) is 20.1. The van der Waals surface area contributed by atoms with Gasteiger partial charge in [-0.15, -0.1) is 11.8 Å². The topological polar surface area (TPSA) is 3.24 Å². The van der Waals surface area contributed by atoms with Gasteiger partial charge in [0.05, 0.1) is 0 Å². The van der Waals surface area contributed by atoms with Crippen molar-refractivity contribution in [1.82, 2.24) is 4.90 Å². The van der Waals surface area contributed by atoms with Crippen LogP contribution in [0.1, 0.15) is 42.9 Å². The Morgan fingerprint density at radius 2 is 1.86 bits per heavy atom. The van der Waals surface area contributed by atoms with Gasteiger partial charge in [0, 0.05) is 17.2 Å².